The Morgan fingerprint density at radius 1 is 0.917 bits per heavy atom. The van der Waals surface area contributed by atoms with Crippen LogP contribution in [0.3, 0.4) is 0 Å². The zero-order chi connectivity index (χ0) is 25.8. The fraction of sp³-hybridized carbons (Fsp3) is 0.360. The zero-order valence-electron chi connectivity index (χ0n) is 19.6. The van der Waals surface area contributed by atoms with Gasteiger partial charge in [0.2, 0.25) is 11.8 Å². The molecule has 0 bridgehead atoms. The number of methoxy groups -OCH3 is 1. The second-order valence-corrected chi connectivity index (χ2v) is 11.1. The number of halogens is 2. The Hall–Kier alpha value is -2.26. The molecule has 36 heavy (non-hydrogen) atoms. The van der Waals surface area contributed by atoms with Gasteiger partial charge in [0.05, 0.1) is 35.7 Å². The molecule has 0 saturated carbocycles. The Morgan fingerprint density at radius 3 is 2.19 bits per heavy atom. The largest absolute Gasteiger partial charge is 0.465 e. The number of benzene rings is 2. The minimum absolute atomic E-state index is 0.174. The topological polar surface area (TPSA) is 117 Å². The zero-order valence-corrected chi connectivity index (χ0v) is 23.9. The SMILES string of the molecule is COC(=O)c1cc(I)ccc1NC(=O)[C@@H]1CCCN1C(=O)c1cc(I)ccc1NC(=O)[C@@H]1CCCN1. The van der Waals surface area contributed by atoms with Crippen LogP contribution in [0.25, 0.3) is 0 Å². The Morgan fingerprint density at radius 2 is 1.56 bits per heavy atom. The molecule has 9 nitrogen and oxygen atoms in total. The molecule has 0 unspecified atom stereocenters. The molecule has 2 saturated heterocycles. The maximum atomic E-state index is 13.7. The molecule has 4 rings (SSSR count). The van der Waals surface area contributed by atoms with Gasteiger partial charge in [-0.3, -0.25) is 14.4 Å². The van der Waals surface area contributed by atoms with Gasteiger partial charge >= 0.3 is 5.97 Å². The van der Waals surface area contributed by atoms with Crippen LogP contribution in [0.4, 0.5) is 11.4 Å². The molecule has 2 fully saturated rings. The molecule has 0 spiro atoms. The number of carbonyl (C=O) groups excluding carboxylic acids is 4. The second kappa shape index (κ2) is 11.9. The first-order valence-electron chi connectivity index (χ1n) is 11.6. The predicted octanol–water partition coefficient (Wildman–Crippen LogP) is 3.62. The Kier molecular flexibility index (Phi) is 8.83. The van der Waals surface area contributed by atoms with Crippen molar-refractivity contribution in [1.29, 1.82) is 0 Å². The van der Waals surface area contributed by atoms with Gasteiger partial charge in [0, 0.05) is 13.7 Å². The first-order valence-corrected chi connectivity index (χ1v) is 13.8. The Balaban J connectivity index is 1.55. The van der Waals surface area contributed by atoms with Crippen molar-refractivity contribution in [2.24, 2.45) is 0 Å². The molecular formula is C25H26I2N4O5. The minimum atomic E-state index is -0.708. The minimum Gasteiger partial charge on any atom is -0.465 e. The van der Waals surface area contributed by atoms with E-state index in [1.54, 1.807) is 30.3 Å². The molecule has 2 aliphatic rings. The van der Waals surface area contributed by atoms with E-state index in [9.17, 15) is 19.2 Å². The van der Waals surface area contributed by atoms with E-state index < -0.39 is 12.0 Å². The first kappa shape index (κ1) is 26.8. The number of ether oxygens (including phenoxy) is 1. The molecule has 2 aromatic carbocycles. The molecule has 2 aromatic rings. The number of carbonyl (C=O) groups is 4. The lowest BCUT2D eigenvalue weighted by Gasteiger charge is -2.25. The number of hydrogen-bond donors (Lipinski definition) is 3. The summed E-state index contributed by atoms with van der Waals surface area (Å²) in [6, 6.07) is 9.35. The smallest absolute Gasteiger partial charge is 0.340 e. The summed E-state index contributed by atoms with van der Waals surface area (Å²) in [7, 11) is 1.28. The quantitative estimate of drug-likeness (QED) is 0.311. The van der Waals surface area contributed by atoms with Crippen LogP contribution in [0.15, 0.2) is 36.4 Å². The summed E-state index contributed by atoms with van der Waals surface area (Å²) in [4.78, 5) is 53.4. The van der Waals surface area contributed by atoms with Crippen LogP contribution in [0.1, 0.15) is 46.4 Å². The maximum Gasteiger partial charge on any atom is 0.340 e. The van der Waals surface area contributed by atoms with E-state index in [4.69, 9.17) is 4.74 Å². The van der Waals surface area contributed by atoms with E-state index in [-0.39, 0.29) is 29.3 Å². The number of hydrogen-bond acceptors (Lipinski definition) is 6. The number of likely N-dealkylation sites (tertiary alicyclic amines) is 1. The predicted molar refractivity (Wildman–Crippen MR) is 152 cm³/mol. The molecule has 3 N–H and O–H groups in total. The van der Waals surface area contributed by atoms with E-state index in [0.29, 0.717) is 36.3 Å². The van der Waals surface area contributed by atoms with Crippen LogP contribution in [0.2, 0.25) is 0 Å². The lowest BCUT2D eigenvalue weighted by molar-refractivity contribution is -0.120. The number of amides is 3. The van der Waals surface area contributed by atoms with Gasteiger partial charge in [-0.1, -0.05) is 0 Å². The molecule has 11 heteroatoms. The molecule has 2 heterocycles. The molecule has 2 atom stereocenters. The highest BCUT2D eigenvalue weighted by molar-refractivity contribution is 14.1. The normalized spacial score (nSPS) is 19.1. The summed E-state index contributed by atoms with van der Waals surface area (Å²) in [5.74, 6) is -1.43. The summed E-state index contributed by atoms with van der Waals surface area (Å²) in [6.07, 6.45) is 2.84. The van der Waals surface area contributed by atoms with Gasteiger partial charge in [-0.2, -0.15) is 0 Å². The van der Waals surface area contributed by atoms with Crippen molar-refractivity contribution in [1.82, 2.24) is 10.2 Å². The third kappa shape index (κ3) is 5.99. The summed E-state index contributed by atoms with van der Waals surface area (Å²) in [5.41, 5.74) is 1.35. The van der Waals surface area contributed by atoms with Crippen molar-refractivity contribution < 1.29 is 23.9 Å². The summed E-state index contributed by atoms with van der Waals surface area (Å²) in [5, 5.41) is 8.87. The lowest BCUT2D eigenvalue weighted by atomic mass is 10.1. The van der Waals surface area contributed by atoms with Crippen molar-refractivity contribution in [3.63, 3.8) is 0 Å². The van der Waals surface area contributed by atoms with E-state index in [1.807, 2.05) is 6.07 Å². The molecule has 0 radical (unpaired) electrons. The summed E-state index contributed by atoms with van der Waals surface area (Å²) >= 11 is 4.20. The van der Waals surface area contributed by atoms with Gasteiger partial charge in [0.15, 0.2) is 0 Å². The maximum absolute atomic E-state index is 13.7. The van der Waals surface area contributed by atoms with Crippen LogP contribution in [0, 0.1) is 7.14 Å². The molecule has 190 valence electrons. The van der Waals surface area contributed by atoms with Gasteiger partial charge in [0.1, 0.15) is 6.04 Å². The summed E-state index contributed by atoms with van der Waals surface area (Å²) < 4.78 is 6.52. The first-order chi connectivity index (χ1) is 17.3. The van der Waals surface area contributed by atoms with Crippen molar-refractivity contribution in [2.75, 3.05) is 30.8 Å². The van der Waals surface area contributed by atoms with Crippen LogP contribution >= 0.6 is 45.2 Å². The van der Waals surface area contributed by atoms with Gasteiger partial charge < -0.3 is 25.6 Å². The van der Waals surface area contributed by atoms with Gasteiger partial charge in [-0.05, 0) is 114 Å². The number of esters is 1. The molecule has 3 amide bonds. The molecular weight excluding hydrogens is 690 g/mol. The van der Waals surface area contributed by atoms with E-state index in [1.165, 1.54) is 12.0 Å². The van der Waals surface area contributed by atoms with E-state index in [0.717, 1.165) is 26.5 Å². The Labute approximate surface area is 236 Å². The van der Waals surface area contributed by atoms with Crippen molar-refractivity contribution in [3.05, 3.63) is 54.7 Å². The fourth-order valence-electron chi connectivity index (χ4n) is 4.49. The number of anilines is 2. The van der Waals surface area contributed by atoms with Gasteiger partial charge in [0.25, 0.3) is 5.91 Å². The average molecular weight is 716 g/mol. The number of nitrogens with zero attached hydrogens (tertiary/aromatic N) is 1. The lowest BCUT2D eigenvalue weighted by Crippen LogP contribution is -2.43. The highest BCUT2D eigenvalue weighted by atomic mass is 127. The van der Waals surface area contributed by atoms with Crippen molar-refractivity contribution in [2.45, 2.75) is 37.8 Å². The third-order valence-electron chi connectivity index (χ3n) is 6.31. The van der Waals surface area contributed by atoms with E-state index >= 15 is 0 Å². The van der Waals surface area contributed by atoms with Gasteiger partial charge in [-0.15, -0.1) is 0 Å². The Bertz CT molecular complexity index is 1200. The standard InChI is InChI=1S/C25H26I2N4O5/c1-36-25(35)17-13-15(27)7-9-19(17)30-23(33)21-5-3-11-31(21)24(34)16-12-14(26)6-8-18(16)29-22(32)20-4-2-10-28-20/h6-9,12-13,20-21,28H,2-5,10-11H2,1H3,(H,29,32)(H,30,33)/t20-,21-/m0/s1. The summed E-state index contributed by atoms with van der Waals surface area (Å²) in [6.45, 7) is 1.20. The van der Waals surface area contributed by atoms with Crippen LogP contribution in [-0.2, 0) is 14.3 Å². The molecule has 2 aliphatic heterocycles. The van der Waals surface area contributed by atoms with Crippen LogP contribution in [0.5, 0.6) is 0 Å². The fourth-order valence-corrected chi connectivity index (χ4v) is 5.47. The second-order valence-electron chi connectivity index (χ2n) is 8.66. The van der Waals surface area contributed by atoms with Crippen molar-refractivity contribution in [3.8, 4) is 0 Å². The van der Waals surface area contributed by atoms with E-state index in [2.05, 4.69) is 61.1 Å². The number of rotatable bonds is 6. The molecule has 0 aromatic heterocycles. The highest BCUT2D eigenvalue weighted by Crippen LogP contribution is 2.28. The van der Waals surface area contributed by atoms with Crippen molar-refractivity contribution >= 4 is 80.2 Å². The van der Waals surface area contributed by atoms with Gasteiger partial charge in [-0.25, -0.2) is 4.79 Å². The molecule has 0 aliphatic carbocycles. The number of nitrogens with one attached hydrogen (secondary N) is 3. The monoisotopic (exact) mass is 716 g/mol. The van der Waals surface area contributed by atoms with Crippen LogP contribution in [-0.4, -0.2) is 60.9 Å². The highest BCUT2D eigenvalue weighted by Gasteiger charge is 2.36. The van der Waals surface area contributed by atoms with Crippen LogP contribution < -0.4 is 16.0 Å². The third-order valence-corrected chi connectivity index (χ3v) is 7.65. The average Bonchev–Trinajstić information content (AvgIpc) is 3.58.